The van der Waals surface area contributed by atoms with E-state index in [-0.39, 0.29) is 18.2 Å². The average Bonchev–Trinajstić information content (AvgIpc) is 2.61. The van der Waals surface area contributed by atoms with Gasteiger partial charge in [-0.05, 0) is 18.1 Å². The largest absolute Gasteiger partial charge is 0.493 e. The zero-order valence-electron chi connectivity index (χ0n) is 14.7. The van der Waals surface area contributed by atoms with Gasteiger partial charge in [0.2, 0.25) is 0 Å². The van der Waals surface area contributed by atoms with Gasteiger partial charge in [-0.25, -0.2) is 0 Å². The van der Waals surface area contributed by atoms with E-state index in [9.17, 15) is 8.78 Å². The molecule has 2 aromatic rings. The zero-order valence-corrected chi connectivity index (χ0v) is 15.6. The molecule has 0 aromatic heterocycles. The number of nitrogens with two attached hydrogens (primary N) is 1. The molecule has 0 spiro atoms. The highest BCUT2D eigenvalue weighted by Gasteiger charge is 2.17. The van der Waals surface area contributed by atoms with Gasteiger partial charge in [0.15, 0.2) is 11.5 Å². The number of alkyl halides is 2. The van der Waals surface area contributed by atoms with Crippen molar-refractivity contribution in [3.8, 4) is 11.5 Å². The molecule has 0 aliphatic heterocycles. The van der Waals surface area contributed by atoms with E-state index in [1.54, 1.807) is 18.2 Å². The van der Waals surface area contributed by atoms with Crippen LogP contribution in [0.3, 0.4) is 0 Å². The van der Waals surface area contributed by atoms with Gasteiger partial charge in [0, 0.05) is 31.7 Å². The van der Waals surface area contributed by atoms with E-state index in [1.807, 2.05) is 18.2 Å². The van der Waals surface area contributed by atoms with Gasteiger partial charge in [-0.1, -0.05) is 42.5 Å². The molecular formula is C19H25ClF2N2O2. The molecule has 2 aromatic carbocycles. The Kier molecular flexibility index (Phi) is 9.95. The molecule has 0 amide bonds. The lowest BCUT2D eigenvalue weighted by Crippen LogP contribution is -2.31. The number of nitrogens with zero attached hydrogens (tertiary/aromatic N) is 1. The molecule has 0 unspecified atom stereocenters. The second-order valence-corrected chi connectivity index (χ2v) is 5.63. The number of rotatable bonds is 10. The third kappa shape index (κ3) is 6.78. The molecular weight excluding hydrogens is 362 g/mol. The maximum absolute atomic E-state index is 12.8. The Labute approximate surface area is 159 Å². The Balaban J connectivity index is 0.00000338. The maximum Gasteiger partial charge on any atom is 0.387 e. The van der Waals surface area contributed by atoms with Crippen LogP contribution >= 0.6 is 12.4 Å². The van der Waals surface area contributed by atoms with Gasteiger partial charge in [0.05, 0.1) is 7.11 Å². The zero-order chi connectivity index (χ0) is 18.1. The van der Waals surface area contributed by atoms with Crippen molar-refractivity contribution in [2.45, 2.75) is 19.6 Å². The van der Waals surface area contributed by atoms with Crippen molar-refractivity contribution in [2.75, 3.05) is 26.7 Å². The van der Waals surface area contributed by atoms with Crippen LogP contribution in [0.25, 0.3) is 0 Å². The number of hydrogen-bond donors (Lipinski definition) is 1. The lowest BCUT2D eigenvalue weighted by molar-refractivity contribution is -0.0521. The van der Waals surface area contributed by atoms with E-state index in [2.05, 4.69) is 17.0 Å². The summed E-state index contributed by atoms with van der Waals surface area (Å²) in [4.78, 5) is 2.13. The summed E-state index contributed by atoms with van der Waals surface area (Å²) < 4.78 is 35.4. The molecule has 0 saturated carbocycles. The van der Waals surface area contributed by atoms with Gasteiger partial charge >= 0.3 is 6.61 Å². The third-order valence-corrected chi connectivity index (χ3v) is 3.89. The summed E-state index contributed by atoms with van der Waals surface area (Å²) in [5.41, 5.74) is 7.58. The van der Waals surface area contributed by atoms with Crippen LogP contribution in [0.5, 0.6) is 11.5 Å². The highest BCUT2D eigenvalue weighted by molar-refractivity contribution is 5.85. The van der Waals surface area contributed by atoms with Gasteiger partial charge < -0.3 is 15.2 Å². The summed E-state index contributed by atoms with van der Waals surface area (Å²) in [5.74, 6) is 0.385. The molecule has 4 nitrogen and oxygen atoms in total. The summed E-state index contributed by atoms with van der Waals surface area (Å²) in [6, 6.07) is 15.3. The predicted octanol–water partition coefficient (Wildman–Crippen LogP) is 3.72. The Bertz CT molecular complexity index is 645. The van der Waals surface area contributed by atoms with E-state index in [1.165, 1.54) is 12.7 Å². The van der Waals surface area contributed by atoms with E-state index in [4.69, 9.17) is 15.2 Å². The molecule has 0 heterocycles. The molecule has 2 N–H and O–H groups in total. The third-order valence-electron chi connectivity index (χ3n) is 3.89. The minimum Gasteiger partial charge on any atom is -0.493 e. The van der Waals surface area contributed by atoms with Crippen LogP contribution < -0.4 is 15.2 Å². The molecule has 0 aliphatic rings. The molecule has 144 valence electrons. The fraction of sp³-hybridized carbons (Fsp3) is 0.368. The van der Waals surface area contributed by atoms with Gasteiger partial charge in [0.25, 0.3) is 0 Å². The summed E-state index contributed by atoms with van der Waals surface area (Å²) in [7, 11) is 1.44. The number of ether oxygens (including phenoxy) is 2. The van der Waals surface area contributed by atoms with Crippen molar-refractivity contribution in [2.24, 2.45) is 5.73 Å². The monoisotopic (exact) mass is 386 g/mol. The molecule has 0 bridgehead atoms. The smallest absolute Gasteiger partial charge is 0.387 e. The van der Waals surface area contributed by atoms with Gasteiger partial charge in [0.1, 0.15) is 0 Å². The van der Waals surface area contributed by atoms with Crippen molar-refractivity contribution in [1.82, 2.24) is 4.90 Å². The Morgan fingerprint density at radius 2 is 1.77 bits per heavy atom. The number of halogens is 3. The van der Waals surface area contributed by atoms with E-state index >= 15 is 0 Å². The summed E-state index contributed by atoms with van der Waals surface area (Å²) in [5, 5.41) is 0. The lowest BCUT2D eigenvalue weighted by Gasteiger charge is -2.23. The average molecular weight is 387 g/mol. The first kappa shape index (κ1) is 22.2. The quantitative estimate of drug-likeness (QED) is 0.676. The Morgan fingerprint density at radius 1 is 1.04 bits per heavy atom. The Morgan fingerprint density at radius 3 is 2.38 bits per heavy atom. The van der Waals surface area contributed by atoms with Crippen LogP contribution in [0.2, 0.25) is 0 Å². The van der Waals surface area contributed by atoms with E-state index < -0.39 is 6.61 Å². The standard InChI is InChI=1S/C19H24F2N2O2.ClH/c1-24-17-9-5-8-16(18(17)25-19(20)21)14-23(13-11-22)12-10-15-6-3-2-4-7-15;/h2-9,19H,10-14,22H2,1H3;1H. The van der Waals surface area contributed by atoms with Gasteiger partial charge in [-0.3, -0.25) is 4.90 Å². The molecule has 0 fully saturated rings. The first-order valence-electron chi connectivity index (χ1n) is 8.21. The second-order valence-electron chi connectivity index (χ2n) is 5.63. The highest BCUT2D eigenvalue weighted by Crippen LogP contribution is 2.33. The molecule has 2 rings (SSSR count). The van der Waals surface area contributed by atoms with Crippen LogP contribution in [-0.4, -0.2) is 38.3 Å². The van der Waals surface area contributed by atoms with E-state index in [0.29, 0.717) is 30.9 Å². The Hall–Kier alpha value is -1.89. The SMILES string of the molecule is COc1cccc(CN(CCN)CCc2ccccc2)c1OC(F)F.Cl. The van der Waals surface area contributed by atoms with Gasteiger partial charge in [-0.15, -0.1) is 12.4 Å². The molecule has 26 heavy (non-hydrogen) atoms. The minimum atomic E-state index is -2.90. The van der Waals surface area contributed by atoms with Crippen molar-refractivity contribution in [3.63, 3.8) is 0 Å². The normalized spacial score (nSPS) is 10.7. The van der Waals surface area contributed by atoms with Crippen molar-refractivity contribution < 1.29 is 18.3 Å². The highest BCUT2D eigenvalue weighted by atomic mass is 35.5. The fourth-order valence-electron chi connectivity index (χ4n) is 2.69. The molecule has 0 atom stereocenters. The molecule has 0 saturated heterocycles. The first-order valence-corrected chi connectivity index (χ1v) is 8.21. The van der Waals surface area contributed by atoms with Crippen LogP contribution in [0.1, 0.15) is 11.1 Å². The predicted molar refractivity (Wildman–Crippen MR) is 101 cm³/mol. The van der Waals surface area contributed by atoms with Crippen molar-refractivity contribution >= 4 is 12.4 Å². The molecule has 7 heteroatoms. The molecule has 0 aliphatic carbocycles. The maximum atomic E-state index is 12.8. The first-order chi connectivity index (χ1) is 12.1. The second kappa shape index (κ2) is 11.7. The number of hydrogen-bond acceptors (Lipinski definition) is 4. The topological polar surface area (TPSA) is 47.7 Å². The fourth-order valence-corrected chi connectivity index (χ4v) is 2.69. The summed E-state index contributed by atoms with van der Waals surface area (Å²) in [6.07, 6.45) is 0.857. The lowest BCUT2D eigenvalue weighted by atomic mass is 10.1. The van der Waals surface area contributed by atoms with Crippen LogP contribution in [0.4, 0.5) is 8.78 Å². The summed E-state index contributed by atoms with van der Waals surface area (Å²) >= 11 is 0. The van der Waals surface area contributed by atoms with E-state index in [0.717, 1.165) is 13.0 Å². The van der Waals surface area contributed by atoms with Crippen LogP contribution in [0.15, 0.2) is 48.5 Å². The number of para-hydroxylation sites is 1. The molecule has 0 radical (unpaired) electrons. The van der Waals surface area contributed by atoms with Gasteiger partial charge in [-0.2, -0.15) is 8.78 Å². The number of benzene rings is 2. The van der Waals surface area contributed by atoms with Crippen LogP contribution in [0, 0.1) is 0 Å². The van der Waals surface area contributed by atoms with Crippen molar-refractivity contribution in [3.05, 3.63) is 59.7 Å². The van der Waals surface area contributed by atoms with Crippen molar-refractivity contribution in [1.29, 1.82) is 0 Å². The minimum absolute atomic E-state index is 0. The number of methoxy groups -OCH3 is 1. The summed E-state index contributed by atoms with van der Waals surface area (Å²) in [6.45, 7) is -0.514. The van der Waals surface area contributed by atoms with Crippen LogP contribution in [-0.2, 0) is 13.0 Å².